The number of carbonyl (C=O) groups excluding carboxylic acids is 2. The summed E-state index contributed by atoms with van der Waals surface area (Å²) in [7, 11) is 0. The fraction of sp³-hybridized carbons (Fsp3) is 0.688. The van der Waals surface area contributed by atoms with Gasteiger partial charge in [-0.3, -0.25) is 9.59 Å². The molecule has 1 aliphatic carbocycles. The van der Waals surface area contributed by atoms with Crippen LogP contribution in [0.1, 0.15) is 52.9 Å². The van der Waals surface area contributed by atoms with E-state index in [1.54, 1.807) is 11.0 Å². The molecule has 0 radical (unpaired) electrons. The SMILES string of the molecule is CC(C)(C)C(=O)N(CC(=O)Nc1ccon1)C1CCCCC1. The summed E-state index contributed by atoms with van der Waals surface area (Å²) >= 11 is 0. The van der Waals surface area contributed by atoms with Gasteiger partial charge in [-0.25, -0.2) is 0 Å². The number of amides is 2. The zero-order valence-corrected chi connectivity index (χ0v) is 13.6. The van der Waals surface area contributed by atoms with Crippen molar-refractivity contribution >= 4 is 17.6 Å². The molecule has 6 nitrogen and oxygen atoms in total. The maximum Gasteiger partial charge on any atom is 0.245 e. The minimum atomic E-state index is -0.494. The lowest BCUT2D eigenvalue weighted by Gasteiger charge is -2.37. The molecule has 2 amide bonds. The lowest BCUT2D eigenvalue weighted by atomic mass is 9.89. The van der Waals surface area contributed by atoms with Crippen LogP contribution in [0.25, 0.3) is 0 Å². The lowest BCUT2D eigenvalue weighted by molar-refractivity contribution is -0.145. The van der Waals surface area contributed by atoms with Gasteiger partial charge in [0.25, 0.3) is 0 Å². The van der Waals surface area contributed by atoms with Crippen molar-refractivity contribution in [1.82, 2.24) is 10.1 Å². The van der Waals surface area contributed by atoms with Gasteiger partial charge in [0.2, 0.25) is 11.8 Å². The minimum absolute atomic E-state index is 0.0229. The number of anilines is 1. The lowest BCUT2D eigenvalue weighted by Crippen LogP contribution is -2.49. The topological polar surface area (TPSA) is 75.4 Å². The van der Waals surface area contributed by atoms with Crippen LogP contribution in [0, 0.1) is 5.41 Å². The van der Waals surface area contributed by atoms with Crippen LogP contribution in [-0.4, -0.2) is 34.5 Å². The fourth-order valence-corrected chi connectivity index (χ4v) is 2.80. The molecule has 0 unspecified atom stereocenters. The van der Waals surface area contributed by atoms with Crippen LogP contribution >= 0.6 is 0 Å². The number of aromatic nitrogens is 1. The first-order valence-electron chi connectivity index (χ1n) is 7.89. The fourth-order valence-electron chi connectivity index (χ4n) is 2.80. The molecule has 1 heterocycles. The summed E-state index contributed by atoms with van der Waals surface area (Å²) in [6, 6.07) is 1.73. The Morgan fingerprint density at radius 2 is 2.00 bits per heavy atom. The summed E-state index contributed by atoms with van der Waals surface area (Å²) in [6.07, 6.45) is 6.78. The molecule has 0 aliphatic heterocycles. The summed E-state index contributed by atoms with van der Waals surface area (Å²) in [6.45, 7) is 5.73. The van der Waals surface area contributed by atoms with Crippen molar-refractivity contribution in [1.29, 1.82) is 0 Å². The highest BCUT2D eigenvalue weighted by molar-refractivity contribution is 5.94. The maximum atomic E-state index is 12.7. The molecular formula is C16H25N3O3. The summed E-state index contributed by atoms with van der Waals surface area (Å²) in [4.78, 5) is 26.7. The second kappa shape index (κ2) is 6.94. The van der Waals surface area contributed by atoms with Gasteiger partial charge in [0.15, 0.2) is 5.82 Å². The smallest absolute Gasteiger partial charge is 0.245 e. The third-order valence-electron chi connectivity index (χ3n) is 3.94. The van der Waals surface area contributed by atoms with E-state index in [1.807, 2.05) is 20.8 Å². The van der Waals surface area contributed by atoms with Crippen molar-refractivity contribution in [2.75, 3.05) is 11.9 Å². The second-order valence-electron chi connectivity index (χ2n) is 6.91. The van der Waals surface area contributed by atoms with Crippen LogP contribution in [-0.2, 0) is 9.59 Å². The van der Waals surface area contributed by atoms with E-state index in [4.69, 9.17) is 4.52 Å². The summed E-state index contributed by atoms with van der Waals surface area (Å²) in [5.74, 6) is 0.156. The molecule has 1 saturated carbocycles. The van der Waals surface area contributed by atoms with Crippen molar-refractivity contribution < 1.29 is 14.1 Å². The van der Waals surface area contributed by atoms with Crippen LogP contribution in [0.4, 0.5) is 5.82 Å². The Labute approximate surface area is 131 Å². The summed E-state index contributed by atoms with van der Waals surface area (Å²) in [5.41, 5.74) is -0.494. The zero-order chi connectivity index (χ0) is 16.2. The molecule has 1 aromatic heterocycles. The Bertz CT molecular complexity index is 499. The Morgan fingerprint density at radius 1 is 1.32 bits per heavy atom. The van der Waals surface area contributed by atoms with Gasteiger partial charge in [0.05, 0.1) is 0 Å². The third-order valence-corrected chi connectivity index (χ3v) is 3.94. The van der Waals surface area contributed by atoms with Gasteiger partial charge in [-0.15, -0.1) is 0 Å². The molecule has 2 rings (SSSR count). The highest BCUT2D eigenvalue weighted by atomic mass is 16.5. The second-order valence-corrected chi connectivity index (χ2v) is 6.91. The number of hydrogen-bond acceptors (Lipinski definition) is 4. The quantitative estimate of drug-likeness (QED) is 0.928. The van der Waals surface area contributed by atoms with E-state index in [1.165, 1.54) is 12.7 Å². The van der Waals surface area contributed by atoms with Crippen molar-refractivity contribution in [3.63, 3.8) is 0 Å². The monoisotopic (exact) mass is 307 g/mol. The summed E-state index contributed by atoms with van der Waals surface area (Å²) < 4.78 is 4.69. The Kier molecular flexibility index (Phi) is 5.21. The van der Waals surface area contributed by atoms with E-state index in [2.05, 4.69) is 10.5 Å². The number of nitrogens with zero attached hydrogens (tertiary/aromatic N) is 2. The average molecular weight is 307 g/mol. The van der Waals surface area contributed by atoms with Crippen molar-refractivity contribution in [2.45, 2.75) is 58.9 Å². The molecule has 0 spiro atoms. The first-order chi connectivity index (χ1) is 10.4. The highest BCUT2D eigenvalue weighted by Crippen LogP contribution is 2.27. The van der Waals surface area contributed by atoms with Crippen LogP contribution in [0.15, 0.2) is 16.9 Å². The standard InChI is InChI=1S/C16H25N3O3/c1-16(2,3)15(21)19(12-7-5-4-6-8-12)11-14(20)17-13-9-10-22-18-13/h9-10,12H,4-8,11H2,1-3H3,(H,17,18,20). The molecule has 0 aromatic carbocycles. The number of hydrogen-bond donors (Lipinski definition) is 1. The first-order valence-corrected chi connectivity index (χ1v) is 7.89. The molecule has 122 valence electrons. The molecule has 1 N–H and O–H groups in total. The van der Waals surface area contributed by atoms with Gasteiger partial charge in [-0.05, 0) is 12.8 Å². The van der Waals surface area contributed by atoms with E-state index in [0.29, 0.717) is 5.82 Å². The van der Waals surface area contributed by atoms with Gasteiger partial charge in [0.1, 0.15) is 12.8 Å². The molecule has 1 fully saturated rings. The first kappa shape index (κ1) is 16.5. The molecule has 0 saturated heterocycles. The van der Waals surface area contributed by atoms with E-state index in [9.17, 15) is 9.59 Å². The average Bonchev–Trinajstić information content (AvgIpc) is 2.97. The number of carbonyl (C=O) groups is 2. The predicted molar refractivity (Wildman–Crippen MR) is 83.2 cm³/mol. The summed E-state index contributed by atoms with van der Waals surface area (Å²) in [5, 5.41) is 6.32. The Hall–Kier alpha value is -1.85. The molecule has 22 heavy (non-hydrogen) atoms. The van der Waals surface area contributed by atoms with Crippen LogP contribution in [0.3, 0.4) is 0 Å². The van der Waals surface area contributed by atoms with Crippen molar-refractivity contribution in [2.24, 2.45) is 5.41 Å². The van der Waals surface area contributed by atoms with Crippen molar-refractivity contribution in [3.8, 4) is 0 Å². The maximum absolute atomic E-state index is 12.7. The molecule has 0 atom stereocenters. The van der Waals surface area contributed by atoms with Crippen LogP contribution < -0.4 is 5.32 Å². The molecule has 0 bridgehead atoms. The highest BCUT2D eigenvalue weighted by Gasteiger charge is 2.33. The van der Waals surface area contributed by atoms with E-state index < -0.39 is 5.41 Å². The van der Waals surface area contributed by atoms with Crippen LogP contribution in [0.5, 0.6) is 0 Å². The third kappa shape index (κ3) is 4.32. The van der Waals surface area contributed by atoms with Gasteiger partial charge < -0.3 is 14.7 Å². The van der Waals surface area contributed by atoms with E-state index in [0.717, 1.165) is 25.7 Å². The van der Waals surface area contributed by atoms with Crippen molar-refractivity contribution in [3.05, 3.63) is 12.3 Å². The molecule has 1 aliphatic rings. The molecule has 6 heteroatoms. The van der Waals surface area contributed by atoms with E-state index >= 15 is 0 Å². The number of nitrogens with one attached hydrogen (secondary N) is 1. The zero-order valence-electron chi connectivity index (χ0n) is 13.6. The number of rotatable bonds is 4. The largest absolute Gasteiger partial charge is 0.363 e. The van der Waals surface area contributed by atoms with Gasteiger partial charge in [-0.2, -0.15) is 0 Å². The normalized spacial score (nSPS) is 16.3. The van der Waals surface area contributed by atoms with Gasteiger partial charge in [0, 0.05) is 17.5 Å². The minimum Gasteiger partial charge on any atom is -0.363 e. The predicted octanol–water partition coefficient (Wildman–Crippen LogP) is 2.82. The Balaban J connectivity index is 2.06. The van der Waals surface area contributed by atoms with Gasteiger partial charge >= 0.3 is 0 Å². The molecular weight excluding hydrogens is 282 g/mol. The van der Waals surface area contributed by atoms with Gasteiger partial charge in [-0.1, -0.05) is 45.2 Å². The van der Waals surface area contributed by atoms with Crippen LogP contribution in [0.2, 0.25) is 0 Å². The molecule has 1 aromatic rings. The van der Waals surface area contributed by atoms with E-state index in [-0.39, 0.29) is 24.4 Å². The Morgan fingerprint density at radius 3 is 2.55 bits per heavy atom.